The molecule has 3 rings (SSSR count). The van der Waals surface area contributed by atoms with E-state index in [1.54, 1.807) is 0 Å². The maximum atomic E-state index is 13.9. The summed E-state index contributed by atoms with van der Waals surface area (Å²) >= 11 is 0. The topological polar surface area (TPSA) is 23.6 Å². The van der Waals surface area contributed by atoms with Crippen molar-refractivity contribution in [3.63, 3.8) is 0 Å². The van der Waals surface area contributed by atoms with Crippen LogP contribution >= 0.6 is 7.44 Å². The summed E-state index contributed by atoms with van der Waals surface area (Å²) in [5.41, 5.74) is 2.47. The van der Waals surface area contributed by atoms with Crippen LogP contribution in [-0.4, -0.2) is 28.6 Å². The maximum absolute atomic E-state index is 13.9. The van der Waals surface area contributed by atoms with E-state index in [0.717, 1.165) is 13.1 Å². The predicted octanol–water partition coefficient (Wildman–Crippen LogP) is 5.34. The van der Waals surface area contributed by atoms with E-state index in [4.69, 9.17) is 0 Å². The Morgan fingerprint density at radius 2 is 1.21 bits per heavy atom. The van der Waals surface area contributed by atoms with E-state index in [1.165, 1.54) is 11.1 Å². The molecule has 0 bridgehead atoms. The van der Waals surface area contributed by atoms with Gasteiger partial charge in [0.25, 0.3) is 0 Å². The van der Waals surface area contributed by atoms with Crippen molar-refractivity contribution in [3.05, 3.63) is 71.8 Å². The fourth-order valence-corrected chi connectivity index (χ4v) is 6.94. The smallest absolute Gasteiger partial charge is 0.217 e. The van der Waals surface area contributed by atoms with E-state index >= 15 is 0 Å². The standard InChI is InChI=1S/C20H27N2OP/c1-4-24(23)21(17(2)19-11-7-5-8-12-19)15-16-22(24)18(3)20-13-9-6-10-14-20/h5-14,17-18H,4,15-16H2,1-3H3/t17-,18-/m1/s1. The molecular weight excluding hydrogens is 315 g/mol. The van der Waals surface area contributed by atoms with Gasteiger partial charge in [0.05, 0.1) is 0 Å². The number of hydrogen-bond acceptors (Lipinski definition) is 1. The molecule has 4 heteroatoms. The minimum atomic E-state index is -2.55. The molecule has 0 unspecified atom stereocenters. The zero-order valence-corrected chi connectivity index (χ0v) is 15.7. The third-order valence-corrected chi connectivity index (χ3v) is 8.75. The second-order valence-electron chi connectivity index (χ2n) is 6.48. The Morgan fingerprint density at radius 3 is 1.54 bits per heavy atom. The molecule has 0 N–H and O–H groups in total. The van der Waals surface area contributed by atoms with Gasteiger partial charge in [0.15, 0.2) is 0 Å². The van der Waals surface area contributed by atoms with E-state index in [1.807, 2.05) is 12.1 Å². The zero-order valence-electron chi connectivity index (χ0n) is 14.8. The average molecular weight is 342 g/mol. The number of hydrogen-bond donors (Lipinski definition) is 0. The highest BCUT2D eigenvalue weighted by Gasteiger charge is 2.45. The van der Waals surface area contributed by atoms with Crippen molar-refractivity contribution in [2.45, 2.75) is 32.9 Å². The Labute approximate surface area is 145 Å². The van der Waals surface area contributed by atoms with Crippen LogP contribution in [0.25, 0.3) is 0 Å². The lowest BCUT2D eigenvalue weighted by Crippen LogP contribution is -2.25. The first-order chi connectivity index (χ1) is 11.6. The van der Waals surface area contributed by atoms with Crippen molar-refractivity contribution in [1.29, 1.82) is 0 Å². The molecule has 1 aliphatic rings. The molecule has 3 nitrogen and oxygen atoms in total. The Bertz CT molecular complexity index is 647. The normalized spacial score (nSPS) is 20.8. The quantitative estimate of drug-likeness (QED) is 0.685. The van der Waals surface area contributed by atoms with Gasteiger partial charge in [-0.05, 0) is 25.0 Å². The third kappa shape index (κ3) is 3.09. The second-order valence-corrected chi connectivity index (χ2v) is 9.47. The van der Waals surface area contributed by atoms with Crippen LogP contribution < -0.4 is 0 Å². The summed E-state index contributed by atoms with van der Waals surface area (Å²) in [5.74, 6) is 0. The van der Waals surface area contributed by atoms with Gasteiger partial charge in [0.1, 0.15) is 0 Å². The molecule has 0 spiro atoms. The van der Waals surface area contributed by atoms with Gasteiger partial charge < -0.3 is 0 Å². The fourth-order valence-electron chi connectivity index (χ4n) is 3.76. The first kappa shape index (κ1) is 17.4. The molecule has 24 heavy (non-hydrogen) atoms. The summed E-state index contributed by atoms with van der Waals surface area (Å²) in [6, 6.07) is 21.2. The molecule has 0 aliphatic carbocycles. The highest BCUT2D eigenvalue weighted by molar-refractivity contribution is 7.59. The van der Waals surface area contributed by atoms with Gasteiger partial charge in [-0.1, -0.05) is 67.6 Å². The maximum Gasteiger partial charge on any atom is 0.217 e. The molecule has 128 valence electrons. The van der Waals surface area contributed by atoms with Crippen molar-refractivity contribution >= 4 is 7.44 Å². The van der Waals surface area contributed by atoms with Gasteiger partial charge in [-0.25, -0.2) is 9.34 Å². The molecular formula is C20H27N2OP. The third-order valence-electron chi connectivity index (χ3n) is 5.23. The molecule has 1 fully saturated rings. The lowest BCUT2D eigenvalue weighted by Gasteiger charge is -2.36. The molecule has 2 aromatic rings. The van der Waals surface area contributed by atoms with Crippen molar-refractivity contribution in [3.8, 4) is 0 Å². The van der Waals surface area contributed by atoms with Gasteiger partial charge in [0.2, 0.25) is 7.44 Å². The summed E-state index contributed by atoms with van der Waals surface area (Å²) < 4.78 is 18.4. The first-order valence-electron chi connectivity index (χ1n) is 8.81. The monoisotopic (exact) mass is 342 g/mol. The number of nitrogens with zero attached hydrogens (tertiary/aromatic N) is 2. The van der Waals surface area contributed by atoms with Crippen molar-refractivity contribution in [2.75, 3.05) is 19.3 Å². The zero-order chi connectivity index (χ0) is 17.2. The molecule has 1 saturated heterocycles. The van der Waals surface area contributed by atoms with Gasteiger partial charge in [-0.2, -0.15) is 0 Å². The average Bonchev–Trinajstić information content (AvgIpc) is 2.99. The number of rotatable bonds is 5. The first-order valence-corrected chi connectivity index (χ1v) is 10.6. The SMILES string of the molecule is CCP1(=O)N([C@H](C)c2ccccc2)CCN1[C@H](C)c1ccccc1. The molecule has 0 amide bonds. The van der Waals surface area contributed by atoms with Crippen LogP contribution in [0, 0.1) is 0 Å². The van der Waals surface area contributed by atoms with E-state index in [-0.39, 0.29) is 12.1 Å². The van der Waals surface area contributed by atoms with Crippen LogP contribution in [0.3, 0.4) is 0 Å². The van der Waals surface area contributed by atoms with Gasteiger partial charge in [0, 0.05) is 31.3 Å². The van der Waals surface area contributed by atoms with Crippen LogP contribution in [-0.2, 0) is 4.57 Å². The molecule has 2 aromatic carbocycles. The van der Waals surface area contributed by atoms with Crippen molar-refractivity contribution in [2.24, 2.45) is 0 Å². The van der Waals surface area contributed by atoms with Gasteiger partial charge >= 0.3 is 0 Å². The highest BCUT2D eigenvalue weighted by atomic mass is 31.2. The Balaban J connectivity index is 1.88. The van der Waals surface area contributed by atoms with E-state index in [2.05, 4.69) is 78.6 Å². The van der Waals surface area contributed by atoms with E-state index in [9.17, 15) is 4.57 Å². The fraction of sp³-hybridized carbons (Fsp3) is 0.400. The molecule has 0 radical (unpaired) electrons. The highest BCUT2D eigenvalue weighted by Crippen LogP contribution is 2.62. The molecule has 1 aliphatic heterocycles. The molecule has 2 atom stereocenters. The van der Waals surface area contributed by atoms with Crippen molar-refractivity contribution in [1.82, 2.24) is 9.34 Å². The van der Waals surface area contributed by atoms with Crippen LogP contribution in [0.1, 0.15) is 44.0 Å². The summed E-state index contributed by atoms with van der Waals surface area (Å²) in [6.45, 7) is 8.13. The Kier molecular flexibility index (Phi) is 5.24. The second kappa shape index (κ2) is 7.23. The van der Waals surface area contributed by atoms with Crippen LogP contribution in [0.15, 0.2) is 60.7 Å². The Morgan fingerprint density at radius 1 is 0.833 bits per heavy atom. The minimum Gasteiger partial charge on any atom is -0.289 e. The molecule has 0 aromatic heterocycles. The van der Waals surface area contributed by atoms with Crippen LogP contribution in [0.4, 0.5) is 0 Å². The van der Waals surface area contributed by atoms with E-state index < -0.39 is 7.44 Å². The van der Waals surface area contributed by atoms with Gasteiger partial charge in [-0.3, -0.25) is 4.57 Å². The lowest BCUT2D eigenvalue weighted by molar-refractivity contribution is 0.368. The molecule has 1 heterocycles. The van der Waals surface area contributed by atoms with Crippen LogP contribution in [0.5, 0.6) is 0 Å². The largest absolute Gasteiger partial charge is 0.289 e. The lowest BCUT2D eigenvalue weighted by atomic mass is 10.1. The summed E-state index contributed by atoms with van der Waals surface area (Å²) in [5, 5.41) is 0. The number of benzene rings is 2. The Hall–Kier alpha value is -1.41. The van der Waals surface area contributed by atoms with Crippen molar-refractivity contribution < 1.29 is 4.57 Å². The molecule has 0 saturated carbocycles. The minimum absolute atomic E-state index is 0.171. The predicted molar refractivity (Wildman–Crippen MR) is 101 cm³/mol. The van der Waals surface area contributed by atoms with Gasteiger partial charge in [-0.15, -0.1) is 0 Å². The summed E-state index contributed by atoms with van der Waals surface area (Å²) in [7, 11) is -2.55. The summed E-state index contributed by atoms with van der Waals surface area (Å²) in [4.78, 5) is 0. The summed E-state index contributed by atoms with van der Waals surface area (Å²) in [6.07, 6.45) is 0.682. The van der Waals surface area contributed by atoms with Crippen LogP contribution in [0.2, 0.25) is 0 Å². The van der Waals surface area contributed by atoms with E-state index in [0.29, 0.717) is 6.16 Å².